The van der Waals surface area contributed by atoms with Gasteiger partial charge in [-0.15, -0.1) is 0 Å². The molecule has 3 atom stereocenters. The summed E-state index contributed by atoms with van der Waals surface area (Å²) in [5, 5.41) is 9.84. The Labute approximate surface area is 203 Å². The number of pyridine rings is 1. The molecule has 2 rings (SSSR count). The average Bonchev–Trinajstić information content (AvgIpc) is 2.79. The number of rotatable bonds is 10. The SMILES string of the molecule is COc1cc(F)ccc1[C@H](C(C)C)C(C)N(C(=O)c1nccc(OC)c1OC(C)=O)[C@@H](C)C(=O)O. The first kappa shape index (κ1) is 27.6. The summed E-state index contributed by atoms with van der Waals surface area (Å²) in [6, 6.07) is 3.53. The van der Waals surface area contributed by atoms with E-state index in [0.29, 0.717) is 5.56 Å². The van der Waals surface area contributed by atoms with Gasteiger partial charge >= 0.3 is 11.9 Å². The minimum atomic E-state index is -1.27. The molecule has 1 amide bonds. The molecule has 1 N–H and O–H groups in total. The zero-order valence-corrected chi connectivity index (χ0v) is 20.9. The third-order valence-corrected chi connectivity index (χ3v) is 5.78. The number of aromatic nitrogens is 1. The summed E-state index contributed by atoms with van der Waals surface area (Å²) < 4.78 is 29.7. The lowest BCUT2D eigenvalue weighted by Gasteiger charge is -2.39. The summed E-state index contributed by atoms with van der Waals surface area (Å²) >= 11 is 0. The van der Waals surface area contributed by atoms with Crippen LogP contribution in [0.3, 0.4) is 0 Å². The molecule has 2 aromatic rings. The number of carbonyl (C=O) groups is 3. The molecule has 1 unspecified atom stereocenters. The van der Waals surface area contributed by atoms with Crippen LogP contribution in [-0.4, -0.2) is 59.1 Å². The Morgan fingerprint density at radius 1 is 1.03 bits per heavy atom. The van der Waals surface area contributed by atoms with E-state index in [1.807, 2.05) is 13.8 Å². The van der Waals surface area contributed by atoms with Crippen molar-refractivity contribution in [1.82, 2.24) is 9.88 Å². The number of carboxylic acid groups (broad SMARTS) is 1. The molecule has 1 aromatic heterocycles. The number of hydrogen-bond donors (Lipinski definition) is 1. The maximum atomic E-state index is 13.9. The molecule has 0 fully saturated rings. The van der Waals surface area contributed by atoms with E-state index in [1.165, 1.54) is 50.4 Å². The highest BCUT2D eigenvalue weighted by atomic mass is 19.1. The van der Waals surface area contributed by atoms with E-state index in [4.69, 9.17) is 14.2 Å². The largest absolute Gasteiger partial charge is 0.496 e. The van der Waals surface area contributed by atoms with Crippen LogP contribution in [0.1, 0.15) is 56.6 Å². The molecule has 0 aliphatic rings. The van der Waals surface area contributed by atoms with Gasteiger partial charge in [-0.3, -0.25) is 9.59 Å². The number of halogens is 1. The fourth-order valence-electron chi connectivity index (χ4n) is 4.25. The number of carboxylic acids is 1. The lowest BCUT2D eigenvalue weighted by atomic mass is 9.81. The van der Waals surface area contributed by atoms with Crippen LogP contribution in [0.4, 0.5) is 4.39 Å². The number of amides is 1. The van der Waals surface area contributed by atoms with E-state index < -0.39 is 41.7 Å². The molecule has 0 spiro atoms. The van der Waals surface area contributed by atoms with E-state index in [2.05, 4.69) is 4.98 Å². The fourth-order valence-corrected chi connectivity index (χ4v) is 4.25. The topological polar surface area (TPSA) is 115 Å². The highest BCUT2D eigenvalue weighted by Crippen LogP contribution is 2.39. The molecular weight excluding hydrogens is 459 g/mol. The van der Waals surface area contributed by atoms with Crippen molar-refractivity contribution < 1.29 is 38.1 Å². The van der Waals surface area contributed by atoms with Crippen LogP contribution < -0.4 is 14.2 Å². The molecule has 0 radical (unpaired) electrons. The number of nitrogens with zero attached hydrogens (tertiary/aromatic N) is 2. The molecule has 0 saturated carbocycles. The van der Waals surface area contributed by atoms with Gasteiger partial charge in [-0.1, -0.05) is 19.9 Å². The molecule has 0 aliphatic carbocycles. The molecule has 0 bridgehead atoms. The molecule has 190 valence electrons. The van der Waals surface area contributed by atoms with E-state index in [-0.39, 0.29) is 28.9 Å². The van der Waals surface area contributed by atoms with Gasteiger partial charge in [-0.25, -0.2) is 14.2 Å². The van der Waals surface area contributed by atoms with E-state index >= 15 is 0 Å². The number of hydrogen-bond acceptors (Lipinski definition) is 7. The van der Waals surface area contributed by atoms with Crippen molar-refractivity contribution in [3.63, 3.8) is 0 Å². The fraction of sp³-hybridized carbons (Fsp3) is 0.440. The lowest BCUT2D eigenvalue weighted by Crippen LogP contribution is -2.51. The number of carbonyl (C=O) groups excluding carboxylic acids is 2. The zero-order chi connectivity index (χ0) is 26.4. The van der Waals surface area contributed by atoms with Crippen LogP contribution in [-0.2, 0) is 9.59 Å². The first-order valence-corrected chi connectivity index (χ1v) is 11.0. The third kappa shape index (κ3) is 6.06. The second-order valence-electron chi connectivity index (χ2n) is 8.41. The van der Waals surface area contributed by atoms with Gasteiger partial charge in [0.15, 0.2) is 11.4 Å². The zero-order valence-electron chi connectivity index (χ0n) is 20.9. The molecular formula is C25H31FN2O7. The van der Waals surface area contributed by atoms with Crippen LogP contribution in [0.2, 0.25) is 0 Å². The summed E-state index contributed by atoms with van der Waals surface area (Å²) in [6.45, 7) is 8.06. The minimum Gasteiger partial charge on any atom is -0.496 e. The Bertz CT molecular complexity index is 1090. The number of aliphatic carboxylic acids is 1. The maximum absolute atomic E-state index is 13.9. The van der Waals surface area contributed by atoms with Crippen LogP contribution in [0, 0.1) is 11.7 Å². The van der Waals surface area contributed by atoms with Crippen LogP contribution in [0.5, 0.6) is 17.2 Å². The van der Waals surface area contributed by atoms with Crippen molar-refractivity contribution in [2.24, 2.45) is 5.92 Å². The molecule has 1 heterocycles. The molecule has 35 heavy (non-hydrogen) atoms. The quantitative estimate of drug-likeness (QED) is 0.499. The smallest absolute Gasteiger partial charge is 0.326 e. The predicted octanol–water partition coefficient (Wildman–Crippen LogP) is 3.91. The highest BCUT2D eigenvalue weighted by Gasteiger charge is 2.39. The minimum absolute atomic E-state index is 0.0924. The first-order chi connectivity index (χ1) is 16.4. The standard InChI is InChI=1S/C25H31FN2O7/c1-13(2)21(18-9-8-17(26)12-20(18)34-7)14(3)28(15(4)25(31)32)24(30)22-23(35-16(5)29)19(33-6)10-11-27-22/h8-15,21H,1-7H3,(H,31,32)/t14?,15-,21+/m0/s1. The summed E-state index contributed by atoms with van der Waals surface area (Å²) in [5.74, 6) is -3.58. The highest BCUT2D eigenvalue weighted by molar-refractivity contribution is 5.98. The van der Waals surface area contributed by atoms with Crippen LogP contribution >= 0.6 is 0 Å². The Morgan fingerprint density at radius 3 is 2.17 bits per heavy atom. The second-order valence-corrected chi connectivity index (χ2v) is 8.41. The van der Waals surface area contributed by atoms with E-state index in [1.54, 1.807) is 13.0 Å². The molecule has 0 aliphatic heterocycles. The molecule has 10 heteroatoms. The van der Waals surface area contributed by atoms with Gasteiger partial charge in [0.2, 0.25) is 5.75 Å². The maximum Gasteiger partial charge on any atom is 0.326 e. The van der Waals surface area contributed by atoms with Gasteiger partial charge in [0, 0.05) is 37.2 Å². The van der Waals surface area contributed by atoms with E-state index in [9.17, 15) is 23.9 Å². The molecule has 0 saturated heterocycles. The number of ether oxygens (including phenoxy) is 3. The first-order valence-electron chi connectivity index (χ1n) is 11.0. The van der Waals surface area contributed by atoms with Gasteiger partial charge < -0.3 is 24.2 Å². The van der Waals surface area contributed by atoms with Crippen molar-refractivity contribution in [3.05, 3.63) is 47.5 Å². The van der Waals surface area contributed by atoms with Gasteiger partial charge in [-0.2, -0.15) is 0 Å². The summed E-state index contributed by atoms with van der Waals surface area (Å²) in [4.78, 5) is 42.9. The second kappa shape index (κ2) is 11.6. The summed E-state index contributed by atoms with van der Waals surface area (Å²) in [6.07, 6.45) is 1.30. The third-order valence-electron chi connectivity index (χ3n) is 5.78. The van der Waals surface area contributed by atoms with E-state index in [0.717, 1.165) is 6.92 Å². The van der Waals surface area contributed by atoms with Gasteiger partial charge in [0.25, 0.3) is 5.91 Å². The Morgan fingerprint density at radius 2 is 1.66 bits per heavy atom. The van der Waals surface area contributed by atoms with Crippen LogP contribution in [0.25, 0.3) is 0 Å². The van der Waals surface area contributed by atoms with Crippen molar-refractivity contribution in [1.29, 1.82) is 0 Å². The van der Waals surface area contributed by atoms with Crippen molar-refractivity contribution >= 4 is 17.8 Å². The number of benzene rings is 1. The number of methoxy groups -OCH3 is 2. The Kier molecular flexibility index (Phi) is 9.16. The monoisotopic (exact) mass is 490 g/mol. The van der Waals surface area contributed by atoms with Crippen molar-refractivity contribution in [3.8, 4) is 17.2 Å². The molecule has 9 nitrogen and oxygen atoms in total. The van der Waals surface area contributed by atoms with Crippen molar-refractivity contribution in [2.45, 2.75) is 52.6 Å². The van der Waals surface area contributed by atoms with Crippen LogP contribution in [0.15, 0.2) is 30.5 Å². The predicted molar refractivity (Wildman–Crippen MR) is 125 cm³/mol. The normalized spacial score (nSPS) is 13.5. The van der Waals surface area contributed by atoms with Gasteiger partial charge in [0.1, 0.15) is 17.6 Å². The summed E-state index contributed by atoms with van der Waals surface area (Å²) in [7, 11) is 2.75. The lowest BCUT2D eigenvalue weighted by molar-refractivity contribution is -0.142. The van der Waals surface area contributed by atoms with Gasteiger partial charge in [0.05, 0.1) is 14.2 Å². The summed E-state index contributed by atoms with van der Waals surface area (Å²) in [5.41, 5.74) is 0.346. The molecule has 1 aromatic carbocycles. The Hall–Kier alpha value is -3.69. The van der Waals surface area contributed by atoms with Gasteiger partial charge in [-0.05, 0) is 31.4 Å². The Balaban J connectivity index is 2.70. The number of esters is 1. The average molecular weight is 491 g/mol. The van der Waals surface area contributed by atoms with Crippen molar-refractivity contribution in [2.75, 3.05) is 14.2 Å².